The highest BCUT2D eigenvalue weighted by Gasteiger charge is 2.27. The molecule has 0 radical (unpaired) electrons. The Bertz CT molecular complexity index is 576. The van der Waals surface area contributed by atoms with E-state index in [0.717, 1.165) is 17.0 Å². The van der Waals surface area contributed by atoms with Crippen LogP contribution in [-0.2, 0) is 9.59 Å². The zero-order valence-corrected chi connectivity index (χ0v) is 11.9. The van der Waals surface area contributed by atoms with Crippen LogP contribution in [0.4, 0.5) is 20.2 Å². The van der Waals surface area contributed by atoms with Crippen molar-refractivity contribution in [3.05, 3.63) is 23.8 Å². The molecule has 5 nitrogen and oxygen atoms in total. The number of rotatable bonds is 4. The largest absolute Gasteiger partial charge is 0.374 e. The zero-order valence-electron chi connectivity index (χ0n) is 11.9. The van der Waals surface area contributed by atoms with Gasteiger partial charge in [0.25, 0.3) is 0 Å². The summed E-state index contributed by atoms with van der Waals surface area (Å²) in [6.07, 6.45) is 0. The van der Waals surface area contributed by atoms with Crippen LogP contribution in [0.5, 0.6) is 0 Å². The predicted octanol–water partition coefficient (Wildman–Crippen LogP) is 1.50. The van der Waals surface area contributed by atoms with Gasteiger partial charge in [0.05, 0.1) is 17.9 Å². The van der Waals surface area contributed by atoms with Crippen LogP contribution in [0, 0.1) is 17.6 Å². The standard InChI is InChI=1S/C14H17F2N3O2/c1-8(2)5-18-13(20)7-19-12-4-10(16)9(15)3-11(12)17-6-14(19)21/h3-4,8,17H,5-7H2,1-2H3,(H,18,20). The molecule has 1 aromatic rings. The first kappa shape index (κ1) is 15.2. The van der Waals surface area contributed by atoms with Crippen LogP contribution in [0.15, 0.2) is 12.1 Å². The average Bonchev–Trinajstić information content (AvgIpc) is 2.42. The molecule has 7 heteroatoms. The fourth-order valence-electron chi connectivity index (χ4n) is 1.99. The number of amides is 2. The molecule has 1 aliphatic heterocycles. The molecule has 1 aromatic carbocycles. The Morgan fingerprint density at radius 2 is 2.05 bits per heavy atom. The number of anilines is 2. The molecule has 0 saturated carbocycles. The van der Waals surface area contributed by atoms with Crippen LogP contribution in [0.25, 0.3) is 0 Å². The molecular weight excluding hydrogens is 280 g/mol. The van der Waals surface area contributed by atoms with Crippen molar-refractivity contribution >= 4 is 23.2 Å². The Hall–Kier alpha value is -2.18. The summed E-state index contributed by atoms with van der Waals surface area (Å²) in [6.45, 7) is 4.11. The second-order valence-electron chi connectivity index (χ2n) is 5.31. The Balaban J connectivity index is 2.18. The van der Waals surface area contributed by atoms with E-state index in [-0.39, 0.29) is 36.5 Å². The van der Waals surface area contributed by atoms with Crippen molar-refractivity contribution in [2.45, 2.75) is 13.8 Å². The van der Waals surface area contributed by atoms with Gasteiger partial charge in [-0.2, -0.15) is 0 Å². The quantitative estimate of drug-likeness (QED) is 0.885. The molecule has 1 heterocycles. The van der Waals surface area contributed by atoms with Crippen molar-refractivity contribution in [1.29, 1.82) is 0 Å². The maximum atomic E-state index is 13.4. The minimum Gasteiger partial charge on any atom is -0.374 e. The molecule has 0 aliphatic carbocycles. The monoisotopic (exact) mass is 297 g/mol. The summed E-state index contributed by atoms with van der Waals surface area (Å²) >= 11 is 0. The van der Waals surface area contributed by atoms with Gasteiger partial charge in [-0.3, -0.25) is 14.5 Å². The lowest BCUT2D eigenvalue weighted by Gasteiger charge is -2.29. The second kappa shape index (κ2) is 6.07. The minimum absolute atomic E-state index is 0.0600. The van der Waals surface area contributed by atoms with E-state index in [0.29, 0.717) is 12.2 Å². The van der Waals surface area contributed by atoms with Crippen molar-refractivity contribution < 1.29 is 18.4 Å². The van der Waals surface area contributed by atoms with Crippen LogP contribution >= 0.6 is 0 Å². The lowest BCUT2D eigenvalue weighted by molar-refractivity contribution is -0.123. The van der Waals surface area contributed by atoms with Gasteiger partial charge in [0.2, 0.25) is 11.8 Å². The molecule has 2 rings (SSSR count). The molecule has 2 N–H and O–H groups in total. The smallest absolute Gasteiger partial charge is 0.246 e. The maximum Gasteiger partial charge on any atom is 0.246 e. The van der Waals surface area contributed by atoms with E-state index >= 15 is 0 Å². The van der Waals surface area contributed by atoms with Gasteiger partial charge in [-0.25, -0.2) is 8.78 Å². The van der Waals surface area contributed by atoms with Crippen molar-refractivity contribution in [1.82, 2.24) is 5.32 Å². The van der Waals surface area contributed by atoms with Crippen LogP contribution in [-0.4, -0.2) is 31.4 Å². The number of nitrogens with one attached hydrogen (secondary N) is 2. The van der Waals surface area contributed by atoms with Crippen LogP contribution in [0.2, 0.25) is 0 Å². The molecule has 0 saturated heterocycles. The summed E-state index contributed by atoms with van der Waals surface area (Å²) in [5.74, 6) is -2.48. The van der Waals surface area contributed by atoms with E-state index in [9.17, 15) is 18.4 Å². The van der Waals surface area contributed by atoms with E-state index in [2.05, 4.69) is 10.6 Å². The molecule has 0 atom stereocenters. The number of carbonyl (C=O) groups is 2. The Morgan fingerprint density at radius 3 is 2.71 bits per heavy atom. The van der Waals surface area contributed by atoms with Gasteiger partial charge in [0.1, 0.15) is 6.54 Å². The summed E-state index contributed by atoms with van der Waals surface area (Å²) in [5.41, 5.74) is 0.468. The average molecular weight is 297 g/mol. The molecule has 0 spiro atoms. The summed E-state index contributed by atoms with van der Waals surface area (Å²) in [7, 11) is 0. The van der Waals surface area contributed by atoms with Gasteiger partial charge in [-0.05, 0) is 5.92 Å². The molecule has 0 fully saturated rings. The molecule has 1 aliphatic rings. The molecule has 0 unspecified atom stereocenters. The molecule has 2 amide bonds. The minimum atomic E-state index is -1.06. The third kappa shape index (κ3) is 3.48. The number of fused-ring (bicyclic) bond motifs is 1. The number of nitrogens with zero attached hydrogens (tertiary/aromatic N) is 1. The highest BCUT2D eigenvalue weighted by Crippen LogP contribution is 2.31. The summed E-state index contributed by atoms with van der Waals surface area (Å²) in [4.78, 5) is 24.9. The van der Waals surface area contributed by atoms with Crippen molar-refractivity contribution in [2.75, 3.05) is 29.9 Å². The fraction of sp³-hybridized carbons (Fsp3) is 0.429. The van der Waals surface area contributed by atoms with Crippen LogP contribution in [0.3, 0.4) is 0 Å². The zero-order chi connectivity index (χ0) is 15.6. The Kier molecular flexibility index (Phi) is 4.40. The van der Waals surface area contributed by atoms with Gasteiger partial charge >= 0.3 is 0 Å². The van der Waals surface area contributed by atoms with Gasteiger partial charge in [-0.1, -0.05) is 13.8 Å². The van der Waals surface area contributed by atoms with Gasteiger partial charge in [0, 0.05) is 18.7 Å². The first-order valence-electron chi connectivity index (χ1n) is 6.68. The summed E-state index contributed by atoms with van der Waals surface area (Å²) in [6, 6.07) is 1.90. The topological polar surface area (TPSA) is 61.4 Å². The van der Waals surface area contributed by atoms with E-state index in [1.54, 1.807) is 0 Å². The molecular formula is C14H17F2N3O2. The van der Waals surface area contributed by atoms with Gasteiger partial charge in [-0.15, -0.1) is 0 Å². The maximum absolute atomic E-state index is 13.4. The van der Waals surface area contributed by atoms with E-state index in [1.165, 1.54) is 0 Å². The highest BCUT2D eigenvalue weighted by molar-refractivity contribution is 6.05. The highest BCUT2D eigenvalue weighted by atomic mass is 19.2. The molecule has 0 bridgehead atoms. The lowest BCUT2D eigenvalue weighted by atomic mass is 10.1. The predicted molar refractivity (Wildman–Crippen MR) is 75.0 cm³/mol. The Labute approximate surface area is 121 Å². The van der Waals surface area contributed by atoms with Crippen LogP contribution < -0.4 is 15.5 Å². The fourth-order valence-corrected chi connectivity index (χ4v) is 1.99. The van der Waals surface area contributed by atoms with Gasteiger partial charge < -0.3 is 10.6 Å². The van der Waals surface area contributed by atoms with E-state index in [4.69, 9.17) is 0 Å². The first-order valence-corrected chi connectivity index (χ1v) is 6.68. The van der Waals surface area contributed by atoms with Crippen molar-refractivity contribution in [2.24, 2.45) is 5.92 Å². The summed E-state index contributed by atoms with van der Waals surface area (Å²) in [5, 5.41) is 5.39. The number of halogens is 2. The second-order valence-corrected chi connectivity index (χ2v) is 5.31. The molecule has 0 aromatic heterocycles. The Morgan fingerprint density at radius 1 is 1.38 bits per heavy atom. The van der Waals surface area contributed by atoms with Crippen molar-refractivity contribution in [3.63, 3.8) is 0 Å². The number of hydrogen-bond acceptors (Lipinski definition) is 3. The third-order valence-electron chi connectivity index (χ3n) is 3.07. The molecule has 21 heavy (non-hydrogen) atoms. The number of carbonyl (C=O) groups excluding carboxylic acids is 2. The lowest BCUT2D eigenvalue weighted by Crippen LogP contribution is -2.46. The number of hydrogen-bond donors (Lipinski definition) is 2. The van der Waals surface area contributed by atoms with E-state index in [1.807, 2.05) is 13.8 Å². The van der Waals surface area contributed by atoms with Gasteiger partial charge in [0.15, 0.2) is 11.6 Å². The summed E-state index contributed by atoms with van der Waals surface area (Å²) < 4.78 is 26.6. The van der Waals surface area contributed by atoms with E-state index < -0.39 is 11.6 Å². The molecule has 114 valence electrons. The normalized spacial score (nSPS) is 14.0. The SMILES string of the molecule is CC(C)CNC(=O)CN1C(=O)CNc2cc(F)c(F)cc21. The first-order chi connectivity index (χ1) is 9.88. The third-order valence-corrected chi connectivity index (χ3v) is 3.07. The van der Waals surface area contributed by atoms with Crippen molar-refractivity contribution in [3.8, 4) is 0 Å². The van der Waals surface area contributed by atoms with Crippen LogP contribution in [0.1, 0.15) is 13.8 Å². The number of benzene rings is 1.